The second-order valence-corrected chi connectivity index (χ2v) is 3.16. The van der Waals surface area contributed by atoms with E-state index in [1.807, 2.05) is 0 Å². The topological polar surface area (TPSA) is 79.6 Å². The molecule has 0 fully saturated rings. The molecular weight excluding hydrogens is 248 g/mol. The first-order chi connectivity index (χ1) is 8.53. The van der Waals surface area contributed by atoms with Crippen molar-refractivity contribution in [1.29, 1.82) is 5.26 Å². The Labute approximate surface area is 101 Å². The molecule has 0 saturated carbocycles. The zero-order chi connectivity index (χ0) is 13.7. The first-order valence-electron chi connectivity index (χ1n) is 4.74. The lowest BCUT2D eigenvalue weighted by Gasteiger charge is -2.11. The summed E-state index contributed by atoms with van der Waals surface area (Å²) in [7, 11) is 1.09. The van der Waals surface area contributed by atoms with E-state index in [1.54, 1.807) is 6.07 Å². The van der Waals surface area contributed by atoms with Crippen LogP contribution in [-0.2, 0) is 11.3 Å². The van der Waals surface area contributed by atoms with Crippen LogP contribution in [-0.4, -0.2) is 24.8 Å². The van der Waals surface area contributed by atoms with Crippen LogP contribution in [0.3, 0.4) is 0 Å². The summed E-state index contributed by atoms with van der Waals surface area (Å²) in [5, 5.41) is 17.8. The zero-order valence-electron chi connectivity index (χ0n) is 9.31. The number of hydrogen-bond donors (Lipinski definition) is 1. The molecule has 1 aromatic carbocycles. The van der Waals surface area contributed by atoms with Crippen molar-refractivity contribution < 1.29 is 28.2 Å². The minimum absolute atomic E-state index is 0.157. The highest BCUT2D eigenvalue weighted by atomic mass is 19.3. The summed E-state index contributed by atoms with van der Waals surface area (Å²) in [4.78, 5) is 11.4. The number of alkyl halides is 2. The maximum atomic E-state index is 12.2. The van der Waals surface area contributed by atoms with Gasteiger partial charge in [0.05, 0.1) is 19.3 Å². The number of halogens is 2. The van der Waals surface area contributed by atoms with Crippen molar-refractivity contribution in [3.05, 3.63) is 28.8 Å². The van der Waals surface area contributed by atoms with E-state index in [0.29, 0.717) is 0 Å². The standard InChI is InChI=1S/C11H9F2NO4/c1-17-10(16)7-2-6(5-15)3-9(8(7)4-14)18-11(12)13/h2-3,11,15H,5H2,1H3. The number of hydrogen-bond acceptors (Lipinski definition) is 5. The number of nitrogens with zero attached hydrogens (tertiary/aromatic N) is 1. The molecule has 0 spiro atoms. The molecule has 0 radical (unpaired) electrons. The van der Waals surface area contributed by atoms with Crippen molar-refractivity contribution in [2.24, 2.45) is 0 Å². The number of aliphatic hydroxyl groups excluding tert-OH is 1. The highest BCUT2D eigenvalue weighted by molar-refractivity contribution is 5.93. The molecule has 0 aliphatic carbocycles. The molecule has 0 aromatic heterocycles. The lowest BCUT2D eigenvalue weighted by molar-refractivity contribution is -0.0502. The molecule has 1 aromatic rings. The van der Waals surface area contributed by atoms with Gasteiger partial charge in [0.15, 0.2) is 0 Å². The SMILES string of the molecule is COC(=O)c1cc(CO)cc(OC(F)F)c1C#N. The molecule has 7 heteroatoms. The Morgan fingerprint density at radius 1 is 1.56 bits per heavy atom. The van der Waals surface area contributed by atoms with Gasteiger partial charge in [-0.1, -0.05) is 0 Å². The summed E-state index contributed by atoms with van der Waals surface area (Å²) in [6.45, 7) is -3.63. The normalized spacial score (nSPS) is 10.0. The van der Waals surface area contributed by atoms with E-state index in [4.69, 9.17) is 10.4 Å². The second-order valence-electron chi connectivity index (χ2n) is 3.16. The number of carbonyl (C=O) groups is 1. The van der Waals surface area contributed by atoms with Gasteiger partial charge in [0, 0.05) is 0 Å². The van der Waals surface area contributed by atoms with Gasteiger partial charge in [-0.15, -0.1) is 0 Å². The summed E-state index contributed by atoms with van der Waals surface area (Å²) in [6.07, 6.45) is 0. The van der Waals surface area contributed by atoms with Gasteiger partial charge in [-0.05, 0) is 17.7 Å². The van der Waals surface area contributed by atoms with Crippen LogP contribution in [0, 0.1) is 11.3 Å². The maximum Gasteiger partial charge on any atom is 0.387 e. The summed E-state index contributed by atoms with van der Waals surface area (Å²) in [6, 6.07) is 3.85. The molecule has 0 aliphatic heterocycles. The van der Waals surface area contributed by atoms with E-state index in [9.17, 15) is 13.6 Å². The van der Waals surface area contributed by atoms with Crippen LogP contribution in [0.5, 0.6) is 5.75 Å². The average molecular weight is 257 g/mol. The molecule has 18 heavy (non-hydrogen) atoms. The molecule has 1 rings (SSSR count). The van der Waals surface area contributed by atoms with Gasteiger partial charge in [-0.3, -0.25) is 0 Å². The predicted molar refractivity (Wildman–Crippen MR) is 55.1 cm³/mol. The molecule has 0 saturated heterocycles. The molecule has 0 heterocycles. The van der Waals surface area contributed by atoms with Crippen LogP contribution >= 0.6 is 0 Å². The van der Waals surface area contributed by atoms with Crippen LogP contribution in [0.25, 0.3) is 0 Å². The number of ether oxygens (including phenoxy) is 2. The van der Waals surface area contributed by atoms with Gasteiger partial charge in [0.1, 0.15) is 17.4 Å². The van der Waals surface area contributed by atoms with E-state index in [0.717, 1.165) is 13.2 Å². The maximum absolute atomic E-state index is 12.2. The van der Waals surface area contributed by atoms with Gasteiger partial charge in [-0.2, -0.15) is 14.0 Å². The van der Waals surface area contributed by atoms with Crippen LogP contribution < -0.4 is 4.74 Å². The van der Waals surface area contributed by atoms with Gasteiger partial charge < -0.3 is 14.6 Å². The molecule has 0 bridgehead atoms. The molecule has 0 atom stereocenters. The summed E-state index contributed by atoms with van der Waals surface area (Å²) in [5.41, 5.74) is -0.438. The number of esters is 1. The Bertz CT molecular complexity index is 497. The van der Waals surface area contributed by atoms with Gasteiger partial charge in [-0.25, -0.2) is 4.79 Å². The van der Waals surface area contributed by atoms with E-state index in [2.05, 4.69) is 9.47 Å². The van der Waals surface area contributed by atoms with Crippen molar-refractivity contribution in [3.8, 4) is 11.8 Å². The van der Waals surface area contributed by atoms with Gasteiger partial charge in [0.25, 0.3) is 0 Å². The zero-order valence-corrected chi connectivity index (χ0v) is 9.31. The van der Waals surface area contributed by atoms with Gasteiger partial charge >= 0.3 is 12.6 Å². The number of carbonyl (C=O) groups excluding carboxylic acids is 1. The minimum Gasteiger partial charge on any atom is -0.465 e. The predicted octanol–water partition coefficient (Wildman–Crippen LogP) is 1.44. The van der Waals surface area contributed by atoms with Crippen molar-refractivity contribution in [2.45, 2.75) is 13.2 Å². The Morgan fingerprint density at radius 2 is 2.22 bits per heavy atom. The monoisotopic (exact) mass is 257 g/mol. The number of rotatable bonds is 4. The fourth-order valence-electron chi connectivity index (χ4n) is 1.34. The number of nitriles is 1. The molecular formula is C11H9F2NO4. The number of benzene rings is 1. The van der Waals surface area contributed by atoms with Crippen molar-refractivity contribution in [1.82, 2.24) is 0 Å². The van der Waals surface area contributed by atoms with E-state index in [1.165, 1.54) is 6.07 Å². The minimum atomic E-state index is -3.14. The third-order valence-corrected chi connectivity index (χ3v) is 2.08. The lowest BCUT2D eigenvalue weighted by Crippen LogP contribution is -2.10. The number of methoxy groups -OCH3 is 1. The van der Waals surface area contributed by atoms with Crippen LogP contribution in [0.2, 0.25) is 0 Å². The Hall–Kier alpha value is -2.20. The molecule has 0 amide bonds. The smallest absolute Gasteiger partial charge is 0.387 e. The average Bonchev–Trinajstić information content (AvgIpc) is 2.36. The third-order valence-electron chi connectivity index (χ3n) is 2.08. The fourth-order valence-corrected chi connectivity index (χ4v) is 1.34. The van der Waals surface area contributed by atoms with E-state index in [-0.39, 0.29) is 16.7 Å². The molecule has 5 nitrogen and oxygen atoms in total. The summed E-state index contributed by atoms with van der Waals surface area (Å²) >= 11 is 0. The summed E-state index contributed by atoms with van der Waals surface area (Å²) in [5.74, 6) is -1.35. The van der Waals surface area contributed by atoms with Crippen molar-refractivity contribution >= 4 is 5.97 Å². The van der Waals surface area contributed by atoms with Crippen molar-refractivity contribution in [3.63, 3.8) is 0 Å². The Kier molecular flexibility index (Phi) is 4.57. The van der Waals surface area contributed by atoms with Crippen LogP contribution in [0.4, 0.5) is 8.78 Å². The van der Waals surface area contributed by atoms with Crippen molar-refractivity contribution in [2.75, 3.05) is 7.11 Å². The quantitative estimate of drug-likeness (QED) is 0.825. The Morgan fingerprint density at radius 3 is 2.67 bits per heavy atom. The molecule has 1 N–H and O–H groups in total. The largest absolute Gasteiger partial charge is 0.465 e. The van der Waals surface area contributed by atoms with Crippen LogP contribution in [0.15, 0.2) is 12.1 Å². The van der Waals surface area contributed by atoms with E-state index >= 15 is 0 Å². The third kappa shape index (κ3) is 2.93. The molecule has 0 unspecified atom stereocenters. The Balaban J connectivity index is 3.40. The summed E-state index contributed by atoms with van der Waals surface area (Å²) < 4.78 is 32.9. The van der Waals surface area contributed by atoms with Gasteiger partial charge in [0.2, 0.25) is 0 Å². The number of aliphatic hydroxyl groups is 1. The van der Waals surface area contributed by atoms with Crippen LogP contribution in [0.1, 0.15) is 21.5 Å². The molecule has 0 aliphatic rings. The molecule has 96 valence electrons. The highest BCUT2D eigenvalue weighted by Crippen LogP contribution is 2.26. The van der Waals surface area contributed by atoms with E-state index < -0.39 is 24.9 Å². The second kappa shape index (κ2) is 5.93. The highest BCUT2D eigenvalue weighted by Gasteiger charge is 2.20. The fraction of sp³-hybridized carbons (Fsp3) is 0.273. The first-order valence-corrected chi connectivity index (χ1v) is 4.74. The lowest BCUT2D eigenvalue weighted by atomic mass is 10.0. The first kappa shape index (κ1) is 13.9.